The summed E-state index contributed by atoms with van der Waals surface area (Å²) < 4.78 is 1.34. The molecule has 2 atom stereocenters. The lowest BCUT2D eigenvalue weighted by molar-refractivity contribution is 0.472. The summed E-state index contributed by atoms with van der Waals surface area (Å²) in [6.45, 7) is 0. The molecule has 2 saturated heterocycles. The minimum absolute atomic E-state index is 0.362. The SMILES string of the molecule is ClC1CC2CCC(C1)N2c1nccc2sccc12. The van der Waals surface area contributed by atoms with Crippen LogP contribution in [-0.2, 0) is 0 Å². The van der Waals surface area contributed by atoms with Gasteiger partial charge in [-0.15, -0.1) is 22.9 Å². The highest BCUT2D eigenvalue weighted by molar-refractivity contribution is 7.17. The summed E-state index contributed by atoms with van der Waals surface area (Å²) in [6, 6.07) is 5.52. The Kier molecular flexibility index (Phi) is 2.52. The van der Waals surface area contributed by atoms with Crippen LogP contribution in [0.5, 0.6) is 0 Å². The van der Waals surface area contributed by atoms with Crippen LogP contribution in [0, 0.1) is 0 Å². The fourth-order valence-corrected chi connectivity index (χ4v) is 4.73. The highest BCUT2D eigenvalue weighted by Crippen LogP contribution is 2.42. The van der Waals surface area contributed by atoms with Gasteiger partial charge in [0.2, 0.25) is 0 Å². The van der Waals surface area contributed by atoms with Gasteiger partial charge in [-0.2, -0.15) is 0 Å². The van der Waals surface area contributed by atoms with Crippen molar-refractivity contribution in [2.45, 2.75) is 43.1 Å². The zero-order chi connectivity index (χ0) is 12.1. The van der Waals surface area contributed by atoms with Gasteiger partial charge in [-0.05, 0) is 43.2 Å². The molecule has 94 valence electrons. The Balaban J connectivity index is 1.81. The standard InChI is InChI=1S/C14H15ClN2S/c15-9-7-10-1-2-11(8-9)17(10)14-12-4-6-18-13(12)3-5-16-14/h3-6,9-11H,1-2,7-8H2. The lowest BCUT2D eigenvalue weighted by Crippen LogP contribution is -2.43. The Morgan fingerprint density at radius 1 is 1.22 bits per heavy atom. The van der Waals surface area contributed by atoms with Crippen molar-refractivity contribution in [3.05, 3.63) is 23.7 Å². The highest BCUT2D eigenvalue weighted by Gasteiger charge is 2.41. The number of rotatable bonds is 1. The zero-order valence-electron chi connectivity index (χ0n) is 10.1. The minimum Gasteiger partial charge on any atom is -0.350 e. The van der Waals surface area contributed by atoms with Crippen molar-refractivity contribution >= 4 is 38.8 Å². The first-order chi connectivity index (χ1) is 8.83. The van der Waals surface area contributed by atoms with E-state index in [1.807, 2.05) is 6.20 Å². The molecule has 0 aliphatic carbocycles. The van der Waals surface area contributed by atoms with Crippen LogP contribution < -0.4 is 4.90 Å². The molecule has 4 heterocycles. The number of thiophene rings is 1. The van der Waals surface area contributed by atoms with E-state index in [2.05, 4.69) is 27.4 Å². The van der Waals surface area contributed by atoms with E-state index in [1.54, 1.807) is 11.3 Å². The van der Waals surface area contributed by atoms with E-state index in [0.29, 0.717) is 17.5 Å². The maximum absolute atomic E-state index is 6.35. The maximum Gasteiger partial charge on any atom is 0.137 e. The maximum atomic E-state index is 6.35. The molecule has 2 nitrogen and oxygen atoms in total. The van der Waals surface area contributed by atoms with Crippen LogP contribution in [0.3, 0.4) is 0 Å². The van der Waals surface area contributed by atoms with Crippen molar-refractivity contribution in [2.75, 3.05) is 4.90 Å². The molecule has 2 aliphatic heterocycles. The van der Waals surface area contributed by atoms with Crippen molar-refractivity contribution in [1.82, 2.24) is 4.98 Å². The van der Waals surface area contributed by atoms with Crippen molar-refractivity contribution < 1.29 is 0 Å². The van der Waals surface area contributed by atoms with Gasteiger partial charge >= 0.3 is 0 Å². The van der Waals surface area contributed by atoms with Crippen molar-refractivity contribution in [3.8, 4) is 0 Å². The third-order valence-corrected chi connectivity index (χ3v) is 5.52. The van der Waals surface area contributed by atoms with E-state index in [9.17, 15) is 0 Å². The Morgan fingerprint density at radius 3 is 2.78 bits per heavy atom. The number of hydrogen-bond acceptors (Lipinski definition) is 3. The van der Waals surface area contributed by atoms with E-state index < -0.39 is 0 Å². The van der Waals surface area contributed by atoms with Gasteiger partial charge in [0.05, 0.1) is 0 Å². The molecule has 0 spiro atoms. The molecule has 4 heteroatoms. The molecule has 2 aromatic heterocycles. The summed E-state index contributed by atoms with van der Waals surface area (Å²) in [6.07, 6.45) is 6.72. The van der Waals surface area contributed by atoms with Gasteiger partial charge in [0.25, 0.3) is 0 Å². The third kappa shape index (κ3) is 1.57. The first kappa shape index (κ1) is 11.1. The van der Waals surface area contributed by atoms with E-state index >= 15 is 0 Å². The van der Waals surface area contributed by atoms with Crippen LogP contribution in [0.1, 0.15) is 25.7 Å². The van der Waals surface area contributed by atoms with Crippen molar-refractivity contribution in [1.29, 1.82) is 0 Å². The first-order valence-corrected chi connectivity index (χ1v) is 7.89. The number of halogens is 1. The molecule has 2 aromatic rings. The molecule has 2 bridgehead atoms. The van der Waals surface area contributed by atoms with E-state index in [1.165, 1.54) is 28.7 Å². The molecule has 0 radical (unpaired) electrons. The summed E-state index contributed by atoms with van der Waals surface area (Å²) in [7, 11) is 0. The fraction of sp³-hybridized carbons (Fsp3) is 0.500. The molecule has 0 aromatic carbocycles. The van der Waals surface area contributed by atoms with E-state index in [4.69, 9.17) is 11.6 Å². The summed E-state index contributed by atoms with van der Waals surface area (Å²) >= 11 is 8.15. The molecule has 0 saturated carbocycles. The highest BCUT2D eigenvalue weighted by atomic mass is 35.5. The Bertz CT molecular complexity index is 568. The summed E-state index contributed by atoms with van der Waals surface area (Å²) in [5.41, 5.74) is 0. The summed E-state index contributed by atoms with van der Waals surface area (Å²) in [5, 5.41) is 3.83. The van der Waals surface area contributed by atoms with Crippen LogP contribution in [0.2, 0.25) is 0 Å². The van der Waals surface area contributed by atoms with Crippen LogP contribution in [0.15, 0.2) is 23.7 Å². The Labute approximate surface area is 116 Å². The van der Waals surface area contributed by atoms with Crippen molar-refractivity contribution in [3.63, 3.8) is 0 Å². The van der Waals surface area contributed by atoms with Crippen molar-refractivity contribution in [2.24, 2.45) is 0 Å². The number of piperidine rings is 1. The normalized spacial score (nSPS) is 31.2. The monoisotopic (exact) mass is 278 g/mol. The molecular weight excluding hydrogens is 264 g/mol. The second-order valence-corrected chi connectivity index (χ2v) is 6.89. The number of alkyl halides is 1. The third-order valence-electron chi connectivity index (χ3n) is 4.28. The van der Waals surface area contributed by atoms with Gasteiger partial charge in [0.15, 0.2) is 0 Å². The number of pyridine rings is 1. The minimum atomic E-state index is 0.362. The van der Waals surface area contributed by atoms with Crippen LogP contribution >= 0.6 is 22.9 Å². The average Bonchev–Trinajstić information content (AvgIpc) is 2.92. The Morgan fingerprint density at radius 2 is 2.00 bits per heavy atom. The van der Waals surface area contributed by atoms with Crippen LogP contribution in [0.25, 0.3) is 10.1 Å². The average molecular weight is 279 g/mol. The molecule has 2 unspecified atom stereocenters. The fourth-order valence-electron chi connectivity index (χ4n) is 3.54. The van der Waals surface area contributed by atoms with Gasteiger partial charge in [-0.25, -0.2) is 4.98 Å². The second-order valence-electron chi connectivity index (χ2n) is 5.33. The smallest absolute Gasteiger partial charge is 0.137 e. The number of aromatic nitrogens is 1. The lowest BCUT2D eigenvalue weighted by atomic mass is 10.0. The molecule has 2 aliphatic rings. The summed E-state index contributed by atoms with van der Waals surface area (Å²) in [5.74, 6) is 1.19. The predicted molar refractivity (Wildman–Crippen MR) is 77.8 cm³/mol. The quantitative estimate of drug-likeness (QED) is 0.732. The zero-order valence-corrected chi connectivity index (χ0v) is 11.6. The molecule has 2 fully saturated rings. The van der Waals surface area contributed by atoms with Crippen LogP contribution in [0.4, 0.5) is 5.82 Å². The number of hydrogen-bond donors (Lipinski definition) is 0. The van der Waals surface area contributed by atoms with Gasteiger partial charge in [0.1, 0.15) is 5.82 Å². The van der Waals surface area contributed by atoms with Gasteiger partial charge in [0, 0.05) is 33.7 Å². The van der Waals surface area contributed by atoms with Crippen LogP contribution in [-0.4, -0.2) is 22.4 Å². The topological polar surface area (TPSA) is 16.1 Å². The molecule has 0 amide bonds. The second kappa shape index (κ2) is 4.10. The number of nitrogens with zero attached hydrogens (tertiary/aromatic N) is 2. The summed E-state index contributed by atoms with van der Waals surface area (Å²) in [4.78, 5) is 7.21. The number of anilines is 1. The Hall–Kier alpha value is -0.800. The largest absolute Gasteiger partial charge is 0.350 e. The number of fused-ring (bicyclic) bond motifs is 3. The van der Waals surface area contributed by atoms with Gasteiger partial charge in [-0.1, -0.05) is 0 Å². The molecule has 0 N–H and O–H groups in total. The molecule has 4 rings (SSSR count). The van der Waals surface area contributed by atoms with E-state index in [-0.39, 0.29) is 0 Å². The first-order valence-electron chi connectivity index (χ1n) is 6.57. The van der Waals surface area contributed by atoms with E-state index in [0.717, 1.165) is 12.8 Å². The molecule has 18 heavy (non-hydrogen) atoms. The van der Waals surface area contributed by atoms with Gasteiger partial charge < -0.3 is 4.90 Å². The lowest BCUT2D eigenvalue weighted by Gasteiger charge is -2.38. The predicted octanol–water partition coefficient (Wildman–Crippen LogP) is 4.03. The molecular formula is C14H15ClN2S. The van der Waals surface area contributed by atoms with Gasteiger partial charge in [-0.3, -0.25) is 0 Å².